The first kappa shape index (κ1) is 23.9. The van der Waals surface area contributed by atoms with Gasteiger partial charge in [0, 0.05) is 30.0 Å². The van der Waals surface area contributed by atoms with Crippen molar-refractivity contribution < 1.29 is 14.3 Å². The summed E-state index contributed by atoms with van der Waals surface area (Å²) in [4.78, 5) is 29.0. The van der Waals surface area contributed by atoms with Crippen LogP contribution in [0, 0.1) is 28.6 Å². The fraction of sp³-hybridized carbons (Fsp3) is 0.485. The zero-order chi connectivity index (χ0) is 26.2. The topological polar surface area (TPSA) is 61.2 Å². The molecular weight excluding hydrogens is 472 g/mol. The molecule has 7 rings (SSSR count). The van der Waals surface area contributed by atoms with Crippen molar-refractivity contribution in [3.8, 4) is 0 Å². The maximum absolute atomic E-state index is 12.6. The zero-order valence-electron chi connectivity index (χ0n) is 22.6. The molecule has 1 aromatic heterocycles. The maximum atomic E-state index is 12.6. The van der Waals surface area contributed by atoms with E-state index in [1.165, 1.54) is 29.0 Å². The first-order valence-electron chi connectivity index (χ1n) is 14.2. The number of fused-ring (bicyclic) bond motifs is 7. The third kappa shape index (κ3) is 3.33. The number of nitrogens with zero attached hydrogens (tertiary/aromatic N) is 2. The van der Waals surface area contributed by atoms with Crippen LogP contribution in [0.15, 0.2) is 59.9 Å². The van der Waals surface area contributed by atoms with Crippen LogP contribution in [-0.4, -0.2) is 27.9 Å². The van der Waals surface area contributed by atoms with Crippen LogP contribution in [0.1, 0.15) is 65.7 Å². The number of benzene rings is 2. The van der Waals surface area contributed by atoms with E-state index in [2.05, 4.69) is 60.9 Å². The first-order valence-corrected chi connectivity index (χ1v) is 14.2. The SMILES string of the molecule is CC(=O)O[C@H]1CC[C@@]2(C)C(=CC[C@@H]3[C@@H]2CC[C@]2(C)C(n4cnc5cc6ccccc6cc54)=C(C=O)C[C@@H]32)C1. The molecule has 38 heavy (non-hydrogen) atoms. The van der Waals surface area contributed by atoms with Gasteiger partial charge in [-0.2, -0.15) is 0 Å². The van der Waals surface area contributed by atoms with Crippen LogP contribution < -0.4 is 0 Å². The molecule has 0 N–H and O–H groups in total. The van der Waals surface area contributed by atoms with Crippen LogP contribution in [0.25, 0.3) is 27.5 Å². The van der Waals surface area contributed by atoms with Gasteiger partial charge < -0.3 is 9.30 Å². The van der Waals surface area contributed by atoms with Gasteiger partial charge in [-0.1, -0.05) is 49.8 Å². The average molecular weight is 509 g/mol. The molecule has 2 saturated carbocycles. The molecule has 0 bridgehead atoms. The number of ether oxygens (including phenoxy) is 1. The summed E-state index contributed by atoms with van der Waals surface area (Å²) in [5.41, 5.74) is 5.78. The van der Waals surface area contributed by atoms with Gasteiger partial charge in [0.25, 0.3) is 0 Å². The van der Waals surface area contributed by atoms with Crippen molar-refractivity contribution in [3.05, 3.63) is 59.9 Å². The van der Waals surface area contributed by atoms with Crippen LogP contribution >= 0.6 is 0 Å². The second kappa shape index (κ2) is 8.39. The highest BCUT2D eigenvalue weighted by Crippen LogP contribution is 2.66. The number of aromatic nitrogens is 2. The zero-order valence-corrected chi connectivity index (χ0v) is 22.6. The van der Waals surface area contributed by atoms with Crippen molar-refractivity contribution in [2.75, 3.05) is 0 Å². The third-order valence-corrected chi connectivity index (χ3v) is 10.9. The van der Waals surface area contributed by atoms with Gasteiger partial charge >= 0.3 is 5.97 Å². The summed E-state index contributed by atoms with van der Waals surface area (Å²) in [6.45, 7) is 6.38. The lowest BCUT2D eigenvalue weighted by Crippen LogP contribution is -2.50. The summed E-state index contributed by atoms with van der Waals surface area (Å²) in [6, 6.07) is 12.8. The lowest BCUT2D eigenvalue weighted by molar-refractivity contribution is -0.148. The van der Waals surface area contributed by atoms with Crippen LogP contribution in [0.4, 0.5) is 0 Å². The van der Waals surface area contributed by atoms with Gasteiger partial charge in [-0.3, -0.25) is 9.59 Å². The maximum Gasteiger partial charge on any atom is 0.302 e. The van der Waals surface area contributed by atoms with E-state index in [4.69, 9.17) is 9.72 Å². The molecule has 0 amide bonds. The van der Waals surface area contributed by atoms with E-state index in [0.717, 1.165) is 67.8 Å². The number of hydrogen-bond donors (Lipinski definition) is 0. The number of carbonyl (C=O) groups excluding carboxylic acids is 2. The van der Waals surface area contributed by atoms with Gasteiger partial charge in [-0.05, 0) is 84.6 Å². The van der Waals surface area contributed by atoms with Gasteiger partial charge in [-0.15, -0.1) is 0 Å². The largest absolute Gasteiger partial charge is 0.462 e. The van der Waals surface area contributed by atoms with Crippen LogP contribution in [-0.2, 0) is 14.3 Å². The van der Waals surface area contributed by atoms with Crippen molar-refractivity contribution in [1.82, 2.24) is 9.55 Å². The Balaban J connectivity index is 1.26. The molecular formula is C33H36N2O3. The summed E-state index contributed by atoms with van der Waals surface area (Å²) in [7, 11) is 0. The smallest absolute Gasteiger partial charge is 0.302 e. The third-order valence-electron chi connectivity index (χ3n) is 10.9. The molecule has 2 aromatic carbocycles. The Kier molecular flexibility index (Phi) is 5.27. The minimum atomic E-state index is -0.174. The summed E-state index contributed by atoms with van der Waals surface area (Å²) in [5.74, 6) is 1.42. The molecule has 0 spiro atoms. The molecule has 3 aromatic rings. The number of allylic oxidation sites excluding steroid dienone is 3. The van der Waals surface area contributed by atoms with Crippen molar-refractivity contribution in [2.45, 2.75) is 71.8 Å². The lowest BCUT2D eigenvalue weighted by Gasteiger charge is -2.57. The van der Waals surface area contributed by atoms with E-state index in [0.29, 0.717) is 17.8 Å². The van der Waals surface area contributed by atoms with E-state index in [9.17, 15) is 9.59 Å². The van der Waals surface area contributed by atoms with Crippen LogP contribution in [0.3, 0.4) is 0 Å². The van der Waals surface area contributed by atoms with Crippen molar-refractivity contribution in [1.29, 1.82) is 0 Å². The molecule has 5 nitrogen and oxygen atoms in total. The van der Waals surface area contributed by atoms with E-state index < -0.39 is 0 Å². The summed E-state index contributed by atoms with van der Waals surface area (Å²) in [6.07, 6.45) is 12.6. The molecule has 1 heterocycles. The van der Waals surface area contributed by atoms with Gasteiger partial charge in [0.1, 0.15) is 18.7 Å². The molecule has 4 aliphatic carbocycles. The summed E-state index contributed by atoms with van der Waals surface area (Å²) >= 11 is 0. The monoisotopic (exact) mass is 508 g/mol. The van der Waals surface area contributed by atoms with E-state index >= 15 is 0 Å². The normalized spacial score (nSPS) is 34.4. The van der Waals surface area contributed by atoms with Crippen molar-refractivity contribution in [2.24, 2.45) is 28.6 Å². The minimum absolute atomic E-state index is 0.0178. The predicted molar refractivity (Wildman–Crippen MR) is 149 cm³/mol. The number of carbonyl (C=O) groups is 2. The second-order valence-electron chi connectivity index (χ2n) is 12.7. The highest BCUT2D eigenvalue weighted by molar-refractivity contribution is 5.98. The predicted octanol–water partition coefficient (Wildman–Crippen LogP) is 7.10. The lowest BCUT2D eigenvalue weighted by atomic mass is 9.47. The molecule has 0 unspecified atom stereocenters. The Hall–Kier alpha value is -3.21. The molecule has 2 fully saturated rings. The van der Waals surface area contributed by atoms with E-state index in [1.54, 1.807) is 0 Å². The molecule has 5 heteroatoms. The Bertz CT molecular complexity index is 1550. The molecule has 0 aliphatic heterocycles. The Morgan fingerprint density at radius 1 is 1.05 bits per heavy atom. The summed E-state index contributed by atoms with van der Waals surface area (Å²) < 4.78 is 7.86. The molecule has 196 valence electrons. The molecule has 0 saturated heterocycles. The van der Waals surface area contributed by atoms with Crippen molar-refractivity contribution in [3.63, 3.8) is 0 Å². The highest BCUT2D eigenvalue weighted by Gasteiger charge is 2.58. The standard InChI is InChI=1S/C33H36N2O3/c1-20(37)38-25-10-12-32(2)24(17-25)8-9-26-27(32)11-13-33(3)28(26)14-23(18-36)31(33)35-19-34-29-15-21-6-4-5-7-22(21)16-30(29)35/h4-8,15-16,18-19,25-28H,9-14,17H2,1-3H3/t25-,26+,27-,28-,32-,33-/m0/s1. The number of aldehydes is 1. The fourth-order valence-corrected chi connectivity index (χ4v) is 9.06. The number of imidazole rings is 1. The minimum Gasteiger partial charge on any atom is -0.462 e. The quantitative estimate of drug-likeness (QED) is 0.215. The molecule has 0 radical (unpaired) electrons. The van der Waals surface area contributed by atoms with Gasteiger partial charge in [-0.25, -0.2) is 4.98 Å². The average Bonchev–Trinajstić information content (AvgIpc) is 3.44. The Morgan fingerprint density at radius 3 is 2.58 bits per heavy atom. The van der Waals surface area contributed by atoms with Crippen LogP contribution in [0.2, 0.25) is 0 Å². The van der Waals surface area contributed by atoms with Crippen molar-refractivity contribution >= 4 is 39.8 Å². The number of esters is 1. The van der Waals surface area contributed by atoms with Gasteiger partial charge in [0.2, 0.25) is 0 Å². The fourth-order valence-electron chi connectivity index (χ4n) is 9.06. The van der Waals surface area contributed by atoms with Gasteiger partial charge in [0.15, 0.2) is 0 Å². The Morgan fingerprint density at radius 2 is 1.82 bits per heavy atom. The Labute approximate surface area is 223 Å². The summed E-state index contributed by atoms with van der Waals surface area (Å²) in [5, 5.41) is 2.38. The first-order chi connectivity index (χ1) is 18.3. The van der Waals surface area contributed by atoms with E-state index in [-0.39, 0.29) is 22.9 Å². The van der Waals surface area contributed by atoms with Crippen LogP contribution in [0.5, 0.6) is 0 Å². The number of hydrogen-bond acceptors (Lipinski definition) is 4. The molecule has 6 atom stereocenters. The highest BCUT2D eigenvalue weighted by atomic mass is 16.5. The second-order valence-corrected chi connectivity index (χ2v) is 12.7. The number of rotatable bonds is 3. The van der Waals surface area contributed by atoms with Gasteiger partial charge in [0.05, 0.1) is 11.0 Å². The molecule has 4 aliphatic rings. The van der Waals surface area contributed by atoms with E-state index in [1.807, 2.05) is 6.33 Å².